The van der Waals surface area contributed by atoms with Gasteiger partial charge in [0.2, 0.25) is 5.91 Å². The van der Waals surface area contributed by atoms with Crippen LogP contribution in [0.15, 0.2) is 29.2 Å². The van der Waals surface area contributed by atoms with Crippen LogP contribution in [0.4, 0.5) is 5.69 Å². The maximum absolute atomic E-state index is 13.9. The van der Waals surface area contributed by atoms with Gasteiger partial charge >= 0.3 is 17.9 Å². The maximum atomic E-state index is 13.9. The van der Waals surface area contributed by atoms with Crippen LogP contribution in [0.5, 0.6) is 0 Å². The molecule has 30 heavy (non-hydrogen) atoms. The Morgan fingerprint density at radius 2 is 1.83 bits per heavy atom. The molecule has 1 saturated carbocycles. The Kier molecular flexibility index (Phi) is 5.72. The summed E-state index contributed by atoms with van der Waals surface area (Å²) >= 11 is 0. The summed E-state index contributed by atoms with van der Waals surface area (Å²) in [6.07, 6.45) is -0.531. The lowest BCUT2D eigenvalue weighted by molar-refractivity contribution is -0.171. The minimum absolute atomic E-state index is 0.0836. The summed E-state index contributed by atoms with van der Waals surface area (Å²) in [6.45, 7) is 2.99. The number of hydrogen-bond acceptors (Lipinski definition) is 8. The lowest BCUT2D eigenvalue weighted by Crippen LogP contribution is -2.84. The summed E-state index contributed by atoms with van der Waals surface area (Å²) in [7, 11) is 0.142. The first-order chi connectivity index (χ1) is 14.2. The van der Waals surface area contributed by atoms with E-state index in [0.29, 0.717) is 5.69 Å². The van der Waals surface area contributed by atoms with Crippen LogP contribution < -0.4 is 4.90 Å². The second kappa shape index (κ2) is 7.82. The number of fused-ring (bicyclic) bond motifs is 2. The predicted octanol–water partition coefficient (Wildman–Crippen LogP) is 0.957. The van der Waals surface area contributed by atoms with Crippen molar-refractivity contribution in [3.63, 3.8) is 0 Å². The van der Waals surface area contributed by atoms with Gasteiger partial charge in [-0.3, -0.25) is 23.4 Å². The van der Waals surface area contributed by atoms with Crippen LogP contribution >= 0.6 is 0 Å². The second-order valence-electron chi connectivity index (χ2n) is 7.11. The number of rotatable bonds is 5. The summed E-state index contributed by atoms with van der Waals surface area (Å²) in [5.41, 5.74) is -1.29. The number of nitrogens with zero attached hydrogens (tertiary/aromatic N) is 1. The Morgan fingerprint density at radius 3 is 2.40 bits per heavy atom. The molecule has 1 aliphatic heterocycles. The molecule has 1 aromatic carbocycles. The third kappa shape index (κ3) is 2.69. The van der Waals surface area contributed by atoms with Gasteiger partial charge in [0.05, 0.1) is 60.1 Å². The van der Waals surface area contributed by atoms with Crippen molar-refractivity contribution in [3.8, 4) is 0 Å². The molecule has 1 amide bonds. The van der Waals surface area contributed by atoms with E-state index in [4.69, 9.17) is 14.2 Å². The van der Waals surface area contributed by atoms with Crippen molar-refractivity contribution in [1.29, 1.82) is 0 Å². The molecular weight excluding hydrogens is 414 g/mol. The first kappa shape index (κ1) is 21.9. The summed E-state index contributed by atoms with van der Waals surface area (Å²) in [5.74, 6) is -4.04. The minimum Gasteiger partial charge on any atom is -0.469 e. The Morgan fingerprint density at radius 1 is 1.17 bits per heavy atom. The van der Waals surface area contributed by atoms with Gasteiger partial charge < -0.3 is 19.1 Å². The Hall–Kier alpha value is -2.75. The van der Waals surface area contributed by atoms with E-state index in [1.54, 1.807) is 25.1 Å². The molecule has 0 N–H and O–H groups in total. The fraction of sp³-hybridized carbons (Fsp3) is 0.500. The molecule has 0 radical (unpaired) electrons. The number of carbonyl (C=O) groups excluding carboxylic acids is 4. The molecule has 1 heterocycles. The van der Waals surface area contributed by atoms with Crippen LogP contribution in [0.1, 0.15) is 26.7 Å². The Balaban J connectivity index is 2.36. The second-order valence-corrected chi connectivity index (χ2v) is 8.73. The summed E-state index contributed by atoms with van der Waals surface area (Å²) in [4.78, 5) is 52.6. The van der Waals surface area contributed by atoms with Gasteiger partial charge in [0, 0.05) is 6.92 Å². The van der Waals surface area contributed by atoms with E-state index >= 15 is 0 Å². The van der Waals surface area contributed by atoms with Crippen molar-refractivity contribution >= 4 is 40.3 Å². The van der Waals surface area contributed by atoms with Gasteiger partial charge in [-0.05, 0) is 25.5 Å². The average molecular weight is 437 g/mol. The van der Waals surface area contributed by atoms with Crippen LogP contribution in [-0.4, -0.2) is 59.1 Å². The zero-order chi connectivity index (χ0) is 22.3. The van der Waals surface area contributed by atoms with Gasteiger partial charge in [0.1, 0.15) is 0 Å². The highest BCUT2D eigenvalue weighted by molar-refractivity contribution is 7.88. The van der Waals surface area contributed by atoms with Gasteiger partial charge in [-0.25, -0.2) is 0 Å². The van der Waals surface area contributed by atoms with Crippen molar-refractivity contribution in [3.05, 3.63) is 24.3 Å². The highest BCUT2D eigenvalue weighted by Crippen LogP contribution is 2.63. The molecule has 10 heteroatoms. The predicted molar refractivity (Wildman–Crippen MR) is 105 cm³/mol. The number of hydrogen-bond donors (Lipinski definition) is 0. The molecule has 4 atom stereocenters. The van der Waals surface area contributed by atoms with E-state index in [-0.39, 0.29) is 17.9 Å². The first-order valence-corrected chi connectivity index (χ1v) is 10.5. The fourth-order valence-corrected chi connectivity index (χ4v) is 6.91. The van der Waals surface area contributed by atoms with Crippen molar-refractivity contribution in [2.24, 2.45) is 5.92 Å². The molecule has 0 saturated heterocycles. The number of amides is 1. The number of para-hydroxylation sites is 1. The third-order valence-electron chi connectivity index (χ3n) is 5.78. The fourth-order valence-electron chi connectivity index (χ4n) is 4.74. The molecule has 0 spiro atoms. The standard InChI is InChI=1S/C20H23NO8S/c1-5-29-16(23)11-19-10-13(17(24)27-3)20(19,18(25)28-4)30(26)15-9-7-6-8-14(15)21(19)12(2)22/h6-9,13H,5,10-11H2,1-4H3/t13-,19-,20+,30?/m0/s1. The van der Waals surface area contributed by atoms with Crippen LogP contribution in [-0.2, 0) is 44.2 Å². The molecule has 1 unspecified atom stereocenters. The zero-order valence-electron chi connectivity index (χ0n) is 17.1. The van der Waals surface area contributed by atoms with Crippen LogP contribution in [0.2, 0.25) is 0 Å². The lowest BCUT2D eigenvalue weighted by atomic mass is 9.55. The van der Waals surface area contributed by atoms with E-state index in [1.807, 2.05) is 0 Å². The normalized spacial score (nSPS) is 29.0. The number of anilines is 1. The number of carbonyl (C=O) groups is 4. The molecule has 1 aliphatic carbocycles. The van der Waals surface area contributed by atoms with E-state index < -0.39 is 57.2 Å². The Bertz CT molecular complexity index is 946. The zero-order valence-corrected chi connectivity index (χ0v) is 17.9. The van der Waals surface area contributed by atoms with E-state index in [9.17, 15) is 23.4 Å². The van der Waals surface area contributed by atoms with Gasteiger partial charge in [0.25, 0.3) is 0 Å². The van der Waals surface area contributed by atoms with Crippen molar-refractivity contribution in [1.82, 2.24) is 0 Å². The monoisotopic (exact) mass is 437 g/mol. The molecule has 2 aliphatic rings. The molecule has 1 aromatic rings. The highest BCUT2D eigenvalue weighted by Gasteiger charge is 2.81. The smallest absolute Gasteiger partial charge is 0.328 e. The average Bonchev–Trinajstić information content (AvgIpc) is 2.70. The molecular formula is C20H23NO8S. The van der Waals surface area contributed by atoms with Crippen molar-refractivity contribution in [2.45, 2.75) is 41.9 Å². The number of methoxy groups -OCH3 is 2. The first-order valence-electron chi connectivity index (χ1n) is 9.36. The van der Waals surface area contributed by atoms with Crippen LogP contribution in [0.3, 0.4) is 0 Å². The molecule has 0 aromatic heterocycles. The van der Waals surface area contributed by atoms with Gasteiger partial charge in [-0.1, -0.05) is 12.1 Å². The number of benzene rings is 1. The van der Waals surface area contributed by atoms with Crippen molar-refractivity contribution < 1.29 is 37.6 Å². The van der Waals surface area contributed by atoms with Crippen LogP contribution in [0, 0.1) is 5.92 Å². The highest BCUT2D eigenvalue weighted by atomic mass is 32.2. The van der Waals surface area contributed by atoms with E-state index in [2.05, 4.69) is 0 Å². The maximum Gasteiger partial charge on any atom is 0.328 e. The topological polar surface area (TPSA) is 116 Å². The van der Waals surface area contributed by atoms with Crippen LogP contribution in [0.25, 0.3) is 0 Å². The van der Waals surface area contributed by atoms with E-state index in [1.165, 1.54) is 17.9 Å². The minimum atomic E-state index is -2.12. The number of ether oxygens (including phenoxy) is 3. The lowest BCUT2D eigenvalue weighted by Gasteiger charge is -2.65. The third-order valence-corrected chi connectivity index (χ3v) is 7.94. The quantitative estimate of drug-likeness (QED) is 0.494. The molecule has 0 bridgehead atoms. The molecule has 3 rings (SSSR count). The molecule has 9 nitrogen and oxygen atoms in total. The van der Waals surface area contributed by atoms with Crippen molar-refractivity contribution in [2.75, 3.05) is 25.7 Å². The SMILES string of the molecule is CCOC(=O)C[C@@]12C[C@@H](C(=O)OC)[C@]1(C(=O)OC)S(=O)c1ccccc1N2C(C)=O. The summed E-state index contributed by atoms with van der Waals surface area (Å²) in [6, 6.07) is 6.39. The largest absolute Gasteiger partial charge is 0.469 e. The molecule has 1 fully saturated rings. The van der Waals surface area contributed by atoms with Gasteiger partial charge in [-0.2, -0.15) is 0 Å². The molecule has 162 valence electrons. The summed E-state index contributed by atoms with van der Waals surface area (Å²) < 4.78 is 26.8. The van der Waals surface area contributed by atoms with Gasteiger partial charge in [0.15, 0.2) is 4.75 Å². The summed E-state index contributed by atoms with van der Waals surface area (Å²) in [5, 5.41) is 0. The van der Waals surface area contributed by atoms with Gasteiger partial charge in [-0.15, -0.1) is 0 Å². The Labute approximate surface area is 176 Å². The number of esters is 3. The van der Waals surface area contributed by atoms with E-state index in [0.717, 1.165) is 14.2 Å².